The summed E-state index contributed by atoms with van der Waals surface area (Å²) in [5.41, 5.74) is -0.789. The van der Waals surface area contributed by atoms with Gasteiger partial charge in [-0.25, -0.2) is 14.7 Å². The molecular weight excluding hydrogens is 540 g/mol. The Balaban J connectivity index is 0.00000363. The maximum absolute atomic E-state index is 13.1. The third kappa shape index (κ3) is 7.22. The van der Waals surface area contributed by atoms with Gasteiger partial charge in [-0.15, -0.1) is 24.0 Å². The standard InChI is InChI=1S/C20H27F3N6O2.HI/c1-3-24-19(25-10-11-31-16-7-5-4-6-15(16)20(21,22)23)26-14-8-9-18-27-17(13-30-2)28-29(18)12-14;/h4-7,14H,3,8-13H2,1-2H3,(H2,24,25,26);1H. The summed E-state index contributed by atoms with van der Waals surface area (Å²) in [6, 6.07) is 5.27. The first-order chi connectivity index (χ1) is 14.9. The fourth-order valence-corrected chi connectivity index (χ4v) is 3.32. The molecular formula is C20H28F3IN6O2. The van der Waals surface area contributed by atoms with Crippen molar-refractivity contribution in [3.8, 4) is 5.75 Å². The lowest BCUT2D eigenvalue weighted by molar-refractivity contribution is -0.138. The van der Waals surface area contributed by atoms with Crippen LogP contribution in [0.5, 0.6) is 5.75 Å². The number of rotatable bonds is 8. The molecule has 1 aromatic heterocycles. The van der Waals surface area contributed by atoms with E-state index in [4.69, 9.17) is 9.47 Å². The lowest BCUT2D eigenvalue weighted by atomic mass is 10.1. The summed E-state index contributed by atoms with van der Waals surface area (Å²) in [7, 11) is 1.61. The number of nitrogens with one attached hydrogen (secondary N) is 2. The number of alkyl halides is 3. The molecule has 0 radical (unpaired) electrons. The molecule has 8 nitrogen and oxygen atoms in total. The van der Waals surface area contributed by atoms with Gasteiger partial charge in [-0.2, -0.15) is 18.3 Å². The Morgan fingerprint density at radius 1 is 1.31 bits per heavy atom. The zero-order valence-electron chi connectivity index (χ0n) is 18.0. The summed E-state index contributed by atoms with van der Waals surface area (Å²) in [5, 5.41) is 11.0. The molecule has 32 heavy (non-hydrogen) atoms. The Morgan fingerprint density at radius 3 is 2.81 bits per heavy atom. The van der Waals surface area contributed by atoms with Crippen LogP contribution in [0.15, 0.2) is 29.3 Å². The summed E-state index contributed by atoms with van der Waals surface area (Å²) in [6.45, 7) is 3.86. The fourth-order valence-electron chi connectivity index (χ4n) is 3.32. The molecule has 0 saturated heterocycles. The Kier molecular flexibility index (Phi) is 10.0. The van der Waals surface area contributed by atoms with Gasteiger partial charge in [0.15, 0.2) is 11.8 Å². The number of nitrogens with zero attached hydrogens (tertiary/aromatic N) is 4. The molecule has 1 aliphatic rings. The van der Waals surface area contributed by atoms with Gasteiger partial charge in [0.05, 0.1) is 18.7 Å². The van der Waals surface area contributed by atoms with Crippen LogP contribution in [-0.4, -0.2) is 53.6 Å². The van der Waals surface area contributed by atoms with Crippen molar-refractivity contribution in [1.29, 1.82) is 0 Å². The molecule has 1 unspecified atom stereocenters. The van der Waals surface area contributed by atoms with Crippen molar-refractivity contribution in [1.82, 2.24) is 25.4 Å². The van der Waals surface area contributed by atoms with E-state index < -0.39 is 11.7 Å². The van der Waals surface area contributed by atoms with E-state index in [0.717, 1.165) is 24.7 Å². The molecule has 0 saturated carbocycles. The number of fused-ring (bicyclic) bond motifs is 1. The average Bonchev–Trinajstić information content (AvgIpc) is 3.13. The molecule has 0 fully saturated rings. The van der Waals surface area contributed by atoms with Crippen LogP contribution in [0.1, 0.15) is 30.6 Å². The third-order valence-corrected chi connectivity index (χ3v) is 4.67. The van der Waals surface area contributed by atoms with E-state index in [1.165, 1.54) is 18.2 Å². The van der Waals surface area contributed by atoms with Crippen LogP contribution in [0.2, 0.25) is 0 Å². The van der Waals surface area contributed by atoms with Crippen molar-refractivity contribution in [2.45, 2.75) is 45.1 Å². The second-order valence-corrected chi connectivity index (χ2v) is 7.04. The number of para-hydroxylation sites is 1. The average molecular weight is 568 g/mol. The highest BCUT2D eigenvalue weighted by atomic mass is 127. The van der Waals surface area contributed by atoms with Gasteiger partial charge in [-0.1, -0.05) is 12.1 Å². The number of benzene rings is 1. The van der Waals surface area contributed by atoms with Gasteiger partial charge in [0, 0.05) is 26.1 Å². The molecule has 2 aromatic rings. The van der Waals surface area contributed by atoms with Gasteiger partial charge in [0.25, 0.3) is 0 Å². The fraction of sp³-hybridized carbons (Fsp3) is 0.550. The van der Waals surface area contributed by atoms with Crippen molar-refractivity contribution in [3.63, 3.8) is 0 Å². The molecule has 0 amide bonds. The van der Waals surface area contributed by atoms with E-state index in [1.54, 1.807) is 7.11 Å². The second kappa shape index (κ2) is 12.2. The first-order valence-corrected chi connectivity index (χ1v) is 10.2. The highest BCUT2D eigenvalue weighted by Gasteiger charge is 2.34. The Labute approximate surface area is 202 Å². The van der Waals surface area contributed by atoms with Crippen LogP contribution in [0.3, 0.4) is 0 Å². The minimum atomic E-state index is -4.46. The minimum absolute atomic E-state index is 0. The number of methoxy groups -OCH3 is 1. The molecule has 0 aliphatic carbocycles. The third-order valence-electron chi connectivity index (χ3n) is 4.67. The van der Waals surface area contributed by atoms with E-state index in [1.807, 2.05) is 11.6 Å². The Bertz CT molecular complexity index is 890. The molecule has 1 atom stereocenters. The van der Waals surface area contributed by atoms with E-state index in [9.17, 15) is 13.2 Å². The molecule has 2 heterocycles. The highest BCUT2D eigenvalue weighted by molar-refractivity contribution is 14.0. The van der Waals surface area contributed by atoms with Crippen LogP contribution in [-0.2, 0) is 30.5 Å². The molecule has 1 aliphatic heterocycles. The molecule has 0 spiro atoms. The van der Waals surface area contributed by atoms with E-state index >= 15 is 0 Å². The number of hydrogen-bond acceptors (Lipinski definition) is 5. The second-order valence-electron chi connectivity index (χ2n) is 7.04. The molecule has 178 valence electrons. The van der Waals surface area contributed by atoms with Gasteiger partial charge >= 0.3 is 6.18 Å². The lowest BCUT2D eigenvalue weighted by Crippen LogP contribution is -2.47. The first kappa shape index (κ1) is 26.2. The van der Waals surface area contributed by atoms with Gasteiger partial charge in [0.1, 0.15) is 24.8 Å². The van der Waals surface area contributed by atoms with Crippen LogP contribution < -0.4 is 15.4 Å². The predicted molar refractivity (Wildman–Crippen MR) is 124 cm³/mol. The van der Waals surface area contributed by atoms with Crippen molar-refractivity contribution >= 4 is 29.9 Å². The van der Waals surface area contributed by atoms with E-state index in [-0.39, 0.29) is 48.9 Å². The maximum Gasteiger partial charge on any atom is 0.419 e. The normalized spacial score (nSPS) is 16.2. The number of aliphatic imine (C=N–C) groups is 1. The number of aromatic nitrogens is 3. The molecule has 3 rings (SSSR count). The molecule has 0 bridgehead atoms. The van der Waals surface area contributed by atoms with Gasteiger partial charge in [-0.3, -0.25) is 0 Å². The predicted octanol–water partition coefficient (Wildman–Crippen LogP) is 3.01. The summed E-state index contributed by atoms with van der Waals surface area (Å²) in [4.78, 5) is 8.89. The zero-order valence-corrected chi connectivity index (χ0v) is 20.3. The van der Waals surface area contributed by atoms with Crippen molar-refractivity contribution in [2.75, 3.05) is 26.8 Å². The summed E-state index contributed by atoms with van der Waals surface area (Å²) in [5.74, 6) is 1.99. The number of aryl methyl sites for hydroxylation is 1. The van der Waals surface area contributed by atoms with Crippen LogP contribution >= 0.6 is 24.0 Å². The summed E-state index contributed by atoms with van der Waals surface area (Å²) < 4.78 is 51.4. The first-order valence-electron chi connectivity index (χ1n) is 10.2. The lowest BCUT2D eigenvalue weighted by Gasteiger charge is -2.25. The summed E-state index contributed by atoms with van der Waals surface area (Å²) in [6.07, 6.45) is -2.81. The smallest absolute Gasteiger partial charge is 0.419 e. The van der Waals surface area contributed by atoms with Gasteiger partial charge < -0.3 is 20.1 Å². The van der Waals surface area contributed by atoms with Crippen molar-refractivity contribution in [3.05, 3.63) is 41.5 Å². The molecule has 12 heteroatoms. The molecule has 2 N–H and O–H groups in total. The number of halogens is 4. The highest BCUT2D eigenvalue weighted by Crippen LogP contribution is 2.35. The Morgan fingerprint density at radius 2 is 2.09 bits per heavy atom. The molecule has 1 aromatic carbocycles. The van der Waals surface area contributed by atoms with Crippen LogP contribution in [0.4, 0.5) is 13.2 Å². The maximum atomic E-state index is 13.1. The quantitative estimate of drug-likeness (QED) is 0.221. The monoisotopic (exact) mass is 568 g/mol. The van der Waals surface area contributed by atoms with E-state index in [2.05, 4.69) is 25.7 Å². The summed E-state index contributed by atoms with van der Waals surface area (Å²) >= 11 is 0. The zero-order chi connectivity index (χ0) is 22.3. The van der Waals surface area contributed by atoms with Gasteiger partial charge in [-0.05, 0) is 25.5 Å². The van der Waals surface area contributed by atoms with Crippen molar-refractivity contribution in [2.24, 2.45) is 4.99 Å². The Hall–Kier alpha value is -2.09. The van der Waals surface area contributed by atoms with Crippen molar-refractivity contribution < 1.29 is 22.6 Å². The number of guanidine groups is 1. The number of hydrogen-bond donors (Lipinski definition) is 2. The SMILES string of the molecule is CCNC(=NCCOc1ccccc1C(F)(F)F)NC1CCc2nc(COC)nn2C1.I. The topological polar surface area (TPSA) is 85.6 Å². The largest absolute Gasteiger partial charge is 0.491 e. The van der Waals surface area contributed by atoms with Gasteiger partial charge in [0.2, 0.25) is 0 Å². The van der Waals surface area contributed by atoms with Crippen LogP contribution in [0, 0.1) is 0 Å². The van der Waals surface area contributed by atoms with Crippen LogP contribution in [0.25, 0.3) is 0 Å². The number of ether oxygens (including phenoxy) is 2. The minimum Gasteiger partial charge on any atom is -0.491 e. The van der Waals surface area contributed by atoms with E-state index in [0.29, 0.717) is 31.5 Å².